The van der Waals surface area contributed by atoms with Gasteiger partial charge < -0.3 is 21.1 Å². The van der Waals surface area contributed by atoms with Crippen LogP contribution in [0.1, 0.15) is 19.8 Å². The molecule has 0 bridgehead atoms. The molecule has 0 atom stereocenters. The second-order valence-electron chi connectivity index (χ2n) is 4.24. The number of rotatable bonds is 8. The van der Waals surface area contributed by atoms with Crippen molar-refractivity contribution in [3.8, 4) is 5.75 Å². The SMILES string of the molecule is CCCC(=O)NCC(=O)Nc1ccc(OCCN)cc1. The number of benzene rings is 1. The molecule has 1 aromatic carbocycles. The summed E-state index contributed by atoms with van der Waals surface area (Å²) in [6, 6.07) is 6.97. The lowest BCUT2D eigenvalue weighted by Gasteiger charge is -2.08. The van der Waals surface area contributed by atoms with Gasteiger partial charge in [-0.1, -0.05) is 6.92 Å². The summed E-state index contributed by atoms with van der Waals surface area (Å²) >= 11 is 0. The summed E-state index contributed by atoms with van der Waals surface area (Å²) in [6.07, 6.45) is 1.19. The Morgan fingerprint density at radius 1 is 1.20 bits per heavy atom. The van der Waals surface area contributed by atoms with Crippen molar-refractivity contribution in [1.82, 2.24) is 5.32 Å². The largest absolute Gasteiger partial charge is 0.492 e. The standard InChI is InChI=1S/C14H21N3O3/c1-2-3-13(18)16-10-14(19)17-11-4-6-12(7-5-11)20-9-8-15/h4-7H,2-3,8-10,15H2,1H3,(H,16,18)(H,17,19). The molecule has 110 valence electrons. The zero-order valence-electron chi connectivity index (χ0n) is 11.6. The highest BCUT2D eigenvalue weighted by Crippen LogP contribution is 2.15. The molecule has 0 heterocycles. The Morgan fingerprint density at radius 2 is 1.90 bits per heavy atom. The zero-order valence-corrected chi connectivity index (χ0v) is 11.6. The maximum Gasteiger partial charge on any atom is 0.243 e. The number of hydrogen-bond acceptors (Lipinski definition) is 4. The molecule has 0 saturated carbocycles. The number of ether oxygens (including phenoxy) is 1. The number of hydrogen-bond donors (Lipinski definition) is 3. The van der Waals surface area contributed by atoms with Crippen LogP contribution in [0.5, 0.6) is 5.75 Å². The normalized spacial score (nSPS) is 9.90. The lowest BCUT2D eigenvalue weighted by molar-refractivity contribution is -0.124. The van der Waals surface area contributed by atoms with Crippen LogP contribution < -0.4 is 21.1 Å². The van der Waals surface area contributed by atoms with Crippen LogP contribution in [0.4, 0.5) is 5.69 Å². The summed E-state index contributed by atoms with van der Waals surface area (Å²) in [5.74, 6) is 0.322. The van der Waals surface area contributed by atoms with E-state index < -0.39 is 0 Å². The van der Waals surface area contributed by atoms with E-state index in [9.17, 15) is 9.59 Å². The fourth-order valence-electron chi connectivity index (χ4n) is 1.51. The highest BCUT2D eigenvalue weighted by atomic mass is 16.5. The van der Waals surface area contributed by atoms with E-state index in [2.05, 4.69) is 10.6 Å². The van der Waals surface area contributed by atoms with Crippen LogP contribution >= 0.6 is 0 Å². The molecule has 0 fully saturated rings. The number of amides is 2. The van der Waals surface area contributed by atoms with E-state index in [0.717, 1.165) is 6.42 Å². The first-order valence-corrected chi connectivity index (χ1v) is 6.65. The summed E-state index contributed by atoms with van der Waals surface area (Å²) in [6.45, 7) is 2.79. The third-order valence-electron chi connectivity index (χ3n) is 2.45. The number of anilines is 1. The molecule has 1 rings (SSSR count). The van der Waals surface area contributed by atoms with Crippen molar-refractivity contribution in [1.29, 1.82) is 0 Å². The third kappa shape index (κ3) is 6.19. The average Bonchev–Trinajstić information content (AvgIpc) is 2.45. The van der Waals surface area contributed by atoms with Crippen LogP contribution in [0.2, 0.25) is 0 Å². The van der Waals surface area contributed by atoms with Gasteiger partial charge in [-0.05, 0) is 30.7 Å². The molecule has 0 spiro atoms. The topological polar surface area (TPSA) is 93.5 Å². The monoisotopic (exact) mass is 279 g/mol. The van der Waals surface area contributed by atoms with Gasteiger partial charge in [-0.2, -0.15) is 0 Å². The summed E-state index contributed by atoms with van der Waals surface area (Å²) in [4.78, 5) is 22.8. The van der Waals surface area contributed by atoms with Crippen LogP contribution in [0, 0.1) is 0 Å². The molecular formula is C14H21N3O3. The number of carbonyl (C=O) groups excluding carboxylic acids is 2. The molecule has 6 nitrogen and oxygen atoms in total. The molecule has 2 amide bonds. The average molecular weight is 279 g/mol. The maximum absolute atomic E-state index is 11.6. The highest BCUT2D eigenvalue weighted by molar-refractivity contribution is 5.94. The molecule has 4 N–H and O–H groups in total. The smallest absolute Gasteiger partial charge is 0.243 e. The van der Waals surface area contributed by atoms with Gasteiger partial charge >= 0.3 is 0 Å². The Bertz CT molecular complexity index is 432. The van der Waals surface area contributed by atoms with Crippen LogP contribution in [0.3, 0.4) is 0 Å². The van der Waals surface area contributed by atoms with Crippen LogP contribution in [0.25, 0.3) is 0 Å². The number of nitrogens with two attached hydrogens (primary N) is 1. The van der Waals surface area contributed by atoms with Gasteiger partial charge in [0.05, 0.1) is 6.54 Å². The molecule has 0 aliphatic carbocycles. The van der Waals surface area contributed by atoms with E-state index in [-0.39, 0.29) is 18.4 Å². The van der Waals surface area contributed by atoms with Crippen molar-refractivity contribution in [2.75, 3.05) is 25.0 Å². The van der Waals surface area contributed by atoms with Gasteiger partial charge in [-0.25, -0.2) is 0 Å². The zero-order chi connectivity index (χ0) is 14.8. The fraction of sp³-hybridized carbons (Fsp3) is 0.429. The van der Waals surface area contributed by atoms with E-state index in [1.807, 2.05) is 6.92 Å². The van der Waals surface area contributed by atoms with Gasteiger partial charge in [0, 0.05) is 18.7 Å². The first-order valence-electron chi connectivity index (χ1n) is 6.65. The van der Waals surface area contributed by atoms with Gasteiger partial charge in [0.15, 0.2) is 0 Å². The highest BCUT2D eigenvalue weighted by Gasteiger charge is 2.05. The summed E-state index contributed by atoms with van der Waals surface area (Å²) in [7, 11) is 0. The predicted octanol–water partition coefficient (Wildman–Crippen LogP) is 0.879. The second kappa shape index (κ2) is 8.92. The van der Waals surface area contributed by atoms with Gasteiger partial charge in [0.25, 0.3) is 0 Å². The molecule has 0 unspecified atom stereocenters. The Balaban J connectivity index is 2.36. The van der Waals surface area contributed by atoms with Crippen molar-refractivity contribution in [2.24, 2.45) is 5.73 Å². The van der Waals surface area contributed by atoms with Crippen LogP contribution in [-0.4, -0.2) is 31.5 Å². The Kier molecular flexibility index (Phi) is 7.13. The molecule has 20 heavy (non-hydrogen) atoms. The van der Waals surface area contributed by atoms with E-state index in [0.29, 0.717) is 31.0 Å². The summed E-state index contributed by atoms with van der Waals surface area (Å²) < 4.78 is 5.33. The molecule has 1 aromatic rings. The first-order chi connectivity index (χ1) is 9.65. The summed E-state index contributed by atoms with van der Waals surface area (Å²) in [5.41, 5.74) is 5.99. The van der Waals surface area contributed by atoms with E-state index in [1.165, 1.54) is 0 Å². The summed E-state index contributed by atoms with van der Waals surface area (Å²) in [5, 5.41) is 5.24. The molecule has 0 aliphatic heterocycles. The number of nitrogens with one attached hydrogen (secondary N) is 2. The van der Waals surface area contributed by atoms with Gasteiger partial charge in [-0.15, -0.1) is 0 Å². The molecule has 0 radical (unpaired) electrons. The van der Waals surface area contributed by atoms with Crippen molar-refractivity contribution in [3.63, 3.8) is 0 Å². The second-order valence-corrected chi connectivity index (χ2v) is 4.24. The quantitative estimate of drug-likeness (QED) is 0.658. The van der Waals surface area contributed by atoms with Gasteiger partial charge in [-0.3, -0.25) is 9.59 Å². The van der Waals surface area contributed by atoms with E-state index in [1.54, 1.807) is 24.3 Å². The first kappa shape index (κ1) is 16.0. The molecule has 0 aliphatic rings. The minimum absolute atomic E-state index is 0.0236. The van der Waals surface area contributed by atoms with E-state index in [4.69, 9.17) is 10.5 Å². The minimum Gasteiger partial charge on any atom is -0.492 e. The third-order valence-corrected chi connectivity index (χ3v) is 2.45. The minimum atomic E-state index is -0.259. The molecule has 0 saturated heterocycles. The molecule has 6 heteroatoms. The van der Waals surface area contributed by atoms with Crippen molar-refractivity contribution < 1.29 is 14.3 Å². The lowest BCUT2D eigenvalue weighted by Crippen LogP contribution is -2.32. The Labute approximate surface area is 118 Å². The Hall–Kier alpha value is -2.08. The van der Waals surface area contributed by atoms with E-state index >= 15 is 0 Å². The lowest BCUT2D eigenvalue weighted by atomic mass is 10.3. The number of carbonyl (C=O) groups is 2. The molecule has 0 aromatic heterocycles. The van der Waals surface area contributed by atoms with Gasteiger partial charge in [0.2, 0.25) is 11.8 Å². The molecular weight excluding hydrogens is 258 g/mol. The van der Waals surface area contributed by atoms with Crippen molar-refractivity contribution in [3.05, 3.63) is 24.3 Å². The van der Waals surface area contributed by atoms with Crippen LogP contribution in [0.15, 0.2) is 24.3 Å². The Morgan fingerprint density at radius 3 is 2.50 bits per heavy atom. The predicted molar refractivity (Wildman–Crippen MR) is 77.5 cm³/mol. The van der Waals surface area contributed by atoms with Crippen LogP contribution in [-0.2, 0) is 9.59 Å². The van der Waals surface area contributed by atoms with Gasteiger partial charge in [0.1, 0.15) is 12.4 Å². The van der Waals surface area contributed by atoms with Crippen molar-refractivity contribution >= 4 is 17.5 Å². The maximum atomic E-state index is 11.6. The fourth-order valence-corrected chi connectivity index (χ4v) is 1.51. The van der Waals surface area contributed by atoms with Crippen molar-refractivity contribution in [2.45, 2.75) is 19.8 Å².